The van der Waals surface area contributed by atoms with E-state index in [-0.39, 0.29) is 5.92 Å². The van der Waals surface area contributed by atoms with Gasteiger partial charge in [0.25, 0.3) is 0 Å². The molecule has 0 fully saturated rings. The van der Waals surface area contributed by atoms with Crippen molar-refractivity contribution in [3.8, 4) is 0 Å². The molecule has 79 valence electrons. The fraction of sp³-hybridized carbons (Fsp3) is 0.364. The molecule has 0 saturated carbocycles. The Kier molecular flexibility index (Phi) is 3.71. The first-order valence-corrected chi connectivity index (χ1v) is 5.15. The van der Waals surface area contributed by atoms with E-state index in [0.717, 1.165) is 27.9 Å². The van der Waals surface area contributed by atoms with Gasteiger partial charge in [0.2, 0.25) is 0 Å². The molecule has 0 aliphatic heterocycles. The monoisotopic (exact) mass is 233 g/mol. The fourth-order valence-electron chi connectivity index (χ4n) is 1.40. The fourth-order valence-corrected chi connectivity index (χ4v) is 1.84. The van der Waals surface area contributed by atoms with Gasteiger partial charge in [-0.1, -0.05) is 0 Å². The van der Waals surface area contributed by atoms with Crippen molar-refractivity contribution in [3.63, 3.8) is 0 Å². The van der Waals surface area contributed by atoms with Gasteiger partial charge in [-0.25, -0.2) is 0 Å². The summed E-state index contributed by atoms with van der Waals surface area (Å²) in [4.78, 5) is 3.29. The van der Waals surface area contributed by atoms with Gasteiger partial charge in [-0.05, 0) is 0 Å². The zero-order valence-electron chi connectivity index (χ0n) is 8.46. The van der Waals surface area contributed by atoms with Crippen LogP contribution < -0.4 is 4.53 Å². The number of hydrogen-bond donors (Lipinski definition) is 2. The van der Waals surface area contributed by atoms with E-state index in [1.807, 2.05) is 13.0 Å². The van der Waals surface area contributed by atoms with Crippen molar-refractivity contribution in [3.05, 3.63) is 29.6 Å². The Morgan fingerprint density at radius 1 is 1.64 bits per heavy atom. The van der Waals surface area contributed by atoms with Crippen molar-refractivity contribution in [1.29, 1.82) is 5.41 Å². The predicted molar refractivity (Wildman–Crippen MR) is 56.3 cm³/mol. The van der Waals surface area contributed by atoms with E-state index in [4.69, 9.17) is 20.9 Å². The summed E-state index contributed by atoms with van der Waals surface area (Å²) in [5.41, 5.74) is 2.94. The number of H-pyrrole nitrogens is 1. The molecule has 2 N–H and O–H groups in total. The average molecular weight is 234 g/mol. The van der Waals surface area contributed by atoms with Crippen LogP contribution in [0.25, 0.3) is 0 Å². The van der Waals surface area contributed by atoms with Crippen molar-refractivity contribution in [2.45, 2.75) is 26.2 Å². The second-order valence-corrected chi connectivity index (χ2v) is 3.73. The van der Waals surface area contributed by atoms with Crippen molar-refractivity contribution in [1.82, 2.24) is 4.98 Å². The molecular weight excluding hydrogens is 219 g/mol. The number of hydrogen-bond acceptors (Lipinski definition) is 1. The van der Waals surface area contributed by atoms with Crippen molar-refractivity contribution in [2.75, 3.05) is 0 Å². The van der Waals surface area contributed by atoms with E-state index in [0.29, 0.717) is 0 Å². The van der Waals surface area contributed by atoms with Gasteiger partial charge in [0, 0.05) is 0 Å². The predicted octanol–water partition coefficient (Wildman–Crippen LogP) is 2.04. The molecule has 2 nitrogen and oxygen atoms in total. The third-order valence-electron chi connectivity index (χ3n) is 2.35. The SMILES string of the molecule is C=CC(C)c1[nH]c(CC)[c]([Ni])c1C=N. The van der Waals surface area contributed by atoms with Gasteiger partial charge in [-0.3, -0.25) is 0 Å². The minimum atomic E-state index is 0.223. The first-order valence-electron chi connectivity index (χ1n) is 4.65. The molecule has 0 bridgehead atoms. The van der Waals surface area contributed by atoms with Gasteiger partial charge in [0.15, 0.2) is 0 Å². The molecule has 0 amide bonds. The second-order valence-electron chi connectivity index (χ2n) is 3.24. The van der Waals surface area contributed by atoms with Crippen molar-refractivity contribution < 1.29 is 15.5 Å². The van der Waals surface area contributed by atoms with Crippen LogP contribution >= 0.6 is 0 Å². The first kappa shape index (κ1) is 11.3. The third-order valence-corrected chi connectivity index (χ3v) is 2.91. The molecular formula is C11H15N2Ni. The van der Waals surface area contributed by atoms with E-state index in [1.165, 1.54) is 6.21 Å². The standard InChI is InChI=1S/C11H15N2.Ni/c1-4-8(3)11-9(7-12)6-10(5-2)13-11;/h4,7-8,12-13H,1,5H2,2-3H3;. The number of nitrogens with one attached hydrogen (secondary N) is 2. The van der Waals surface area contributed by atoms with E-state index < -0.39 is 0 Å². The molecule has 1 aromatic rings. The van der Waals surface area contributed by atoms with Crippen LogP contribution in [0, 0.1) is 5.41 Å². The summed E-state index contributed by atoms with van der Waals surface area (Å²) in [6.45, 7) is 7.86. The van der Waals surface area contributed by atoms with Crippen LogP contribution in [-0.2, 0) is 21.9 Å². The van der Waals surface area contributed by atoms with E-state index in [1.54, 1.807) is 0 Å². The van der Waals surface area contributed by atoms with Crippen molar-refractivity contribution >= 4 is 10.7 Å². The normalized spacial score (nSPS) is 12.6. The second kappa shape index (κ2) is 4.61. The quantitative estimate of drug-likeness (QED) is 0.454. The van der Waals surface area contributed by atoms with Gasteiger partial charge >= 0.3 is 92.4 Å². The molecule has 1 rings (SSSR count). The van der Waals surface area contributed by atoms with Crippen LogP contribution in [-0.4, -0.2) is 11.2 Å². The molecule has 0 aliphatic rings. The molecule has 0 spiro atoms. The molecule has 0 aliphatic carbocycles. The van der Waals surface area contributed by atoms with Crippen LogP contribution in [0.15, 0.2) is 12.7 Å². The minimum absolute atomic E-state index is 0.223. The van der Waals surface area contributed by atoms with Gasteiger partial charge < -0.3 is 0 Å². The van der Waals surface area contributed by atoms with E-state index in [9.17, 15) is 0 Å². The molecule has 0 aromatic carbocycles. The van der Waals surface area contributed by atoms with Crippen LogP contribution in [0.3, 0.4) is 0 Å². The molecule has 1 heterocycles. The zero-order chi connectivity index (χ0) is 10.7. The summed E-state index contributed by atoms with van der Waals surface area (Å²) in [6, 6.07) is 0. The summed E-state index contributed by atoms with van der Waals surface area (Å²) in [5.74, 6) is 0.223. The van der Waals surface area contributed by atoms with Crippen LogP contribution in [0.4, 0.5) is 0 Å². The molecule has 3 heteroatoms. The number of allylic oxidation sites excluding steroid dienone is 1. The Hall–Kier alpha value is -0.816. The Labute approximate surface area is 92.7 Å². The summed E-state index contributed by atoms with van der Waals surface area (Å²) in [5, 5.41) is 7.34. The molecule has 1 atom stereocenters. The Morgan fingerprint density at radius 2 is 2.29 bits per heavy atom. The van der Waals surface area contributed by atoms with Crippen LogP contribution in [0.5, 0.6) is 0 Å². The maximum atomic E-state index is 7.34. The zero-order valence-corrected chi connectivity index (χ0v) is 9.45. The summed E-state index contributed by atoms with van der Waals surface area (Å²) in [6.07, 6.45) is 4.08. The maximum absolute atomic E-state index is 7.34. The Morgan fingerprint density at radius 3 is 2.71 bits per heavy atom. The molecule has 1 unspecified atom stereocenters. The summed E-state index contributed by atoms with van der Waals surface area (Å²) >= 11 is 4.94. The molecule has 0 saturated heterocycles. The van der Waals surface area contributed by atoms with E-state index in [2.05, 4.69) is 18.5 Å². The first-order chi connectivity index (χ1) is 6.65. The number of aryl methyl sites for hydroxylation is 1. The third kappa shape index (κ3) is 1.83. The van der Waals surface area contributed by atoms with Crippen molar-refractivity contribution in [2.24, 2.45) is 0 Å². The molecule has 1 aromatic heterocycles. The van der Waals surface area contributed by atoms with Gasteiger partial charge in [0.1, 0.15) is 0 Å². The van der Waals surface area contributed by atoms with Gasteiger partial charge in [-0.2, -0.15) is 0 Å². The number of aromatic amines is 1. The van der Waals surface area contributed by atoms with Gasteiger partial charge in [-0.15, -0.1) is 0 Å². The van der Waals surface area contributed by atoms with Crippen LogP contribution in [0.1, 0.15) is 36.7 Å². The molecule has 0 radical (unpaired) electrons. The summed E-state index contributed by atoms with van der Waals surface area (Å²) < 4.78 is 0.825. The Balaban J connectivity index is 3.28. The molecule has 14 heavy (non-hydrogen) atoms. The Bertz CT molecular complexity index is 352. The topological polar surface area (TPSA) is 39.6 Å². The number of rotatable bonds is 4. The van der Waals surface area contributed by atoms with Crippen LogP contribution in [0.2, 0.25) is 0 Å². The van der Waals surface area contributed by atoms with E-state index >= 15 is 0 Å². The summed E-state index contributed by atoms with van der Waals surface area (Å²) in [7, 11) is 0. The van der Waals surface area contributed by atoms with Gasteiger partial charge in [0.05, 0.1) is 0 Å². The average Bonchev–Trinajstić information content (AvgIpc) is 2.53. The number of aromatic nitrogens is 1.